The summed E-state index contributed by atoms with van der Waals surface area (Å²) in [5.41, 5.74) is 1.28. The molecule has 1 aromatic rings. The van der Waals surface area contributed by atoms with Gasteiger partial charge in [-0.25, -0.2) is 4.79 Å². The Hall–Kier alpha value is -1.55. The number of benzene rings is 1. The molecule has 4 nitrogen and oxygen atoms in total. The normalized spacial score (nSPS) is 10.9. The molecule has 0 spiro atoms. The predicted molar refractivity (Wildman–Crippen MR) is 74.3 cm³/mol. The highest BCUT2D eigenvalue weighted by Crippen LogP contribution is 2.09. The number of carboxylic acid groups (broad SMARTS) is 1. The number of aromatic carboxylic acids is 1. The van der Waals surface area contributed by atoms with E-state index in [1.54, 1.807) is 24.3 Å². The molecule has 0 saturated heterocycles. The van der Waals surface area contributed by atoms with E-state index in [-0.39, 0.29) is 0 Å². The minimum Gasteiger partial charge on any atom is -0.478 e. The van der Waals surface area contributed by atoms with E-state index in [2.05, 4.69) is 31.1 Å². The van der Waals surface area contributed by atoms with Crippen LogP contribution in [0, 0.1) is 0 Å². The van der Waals surface area contributed by atoms with Crippen molar-refractivity contribution in [2.75, 3.05) is 25.5 Å². The Morgan fingerprint density at radius 3 is 2.44 bits per heavy atom. The molecular weight excluding hydrogens is 228 g/mol. The topological polar surface area (TPSA) is 52.6 Å². The summed E-state index contributed by atoms with van der Waals surface area (Å²) in [5, 5.41) is 12.1. The number of nitrogens with one attached hydrogen (secondary N) is 1. The van der Waals surface area contributed by atoms with Gasteiger partial charge in [-0.1, -0.05) is 0 Å². The highest BCUT2D eigenvalue weighted by Gasteiger charge is 2.03. The fourth-order valence-electron chi connectivity index (χ4n) is 1.55. The smallest absolute Gasteiger partial charge is 0.335 e. The molecule has 0 radical (unpaired) electrons. The van der Waals surface area contributed by atoms with Crippen molar-refractivity contribution in [3.63, 3.8) is 0 Å². The third kappa shape index (κ3) is 4.75. The average Bonchev–Trinajstić information content (AvgIpc) is 2.34. The minimum absolute atomic E-state index is 0.320. The SMILES string of the molecule is CC(C)N(C)CCCNc1ccc(C(=O)O)cc1. The summed E-state index contributed by atoms with van der Waals surface area (Å²) in [7, 11) is 2.12. The second-order valence-electron chi connectivity index (χ2n) is 4.74. The molecule has 4 heteroatoms. The fraction of sp³-hybridized carbons (Fsp3) is 0.500. The number of rotatable bonds is 7. The van der Waals surface area contributed by atoms with Crippen molar-refractivity contribution in [2.24, 2.45) is 0 Å². The first-order chi connectivity index (χ1) is 8.50. The van der Waals surface area contributed by atoms with Crippen LogP contribution < -0.4 is 5.32 Å². The lowest BCUT2D eigenvalue weighted by atomic mass is 10.2. The molecule has 0 atom stereocenters. The quantitative estimate of drug-likeness (QED) is 0.730. The average molecular weight is 250 g/mol. The van der Waals surface area contributed by atoms with Crippen LogP contribution in [0.4, 0.5) is 5.69 Å². The van der Waals surface area contributed by atoms with E-state index in [0.29, 0.717) is 11.6 Å². The molecule has 0 aromatic heterocycles. The summed E-state index contributed by atoms with van der Waals surface area (Å²) < 4.78 is 0. The van der Waals surface area contributed by atoms with Gasteiger partial charge in [0.05, 0.1) is 5.56 Å². The van der Waals surface area contributed by atoms with Crippen molar-refractivity contribution in [3.8, 4) is 0 Å². The first-order valence-corrected chi connectivity index (χ1v) is 6.28. The van der Waals surface area contributed by atoms with Crippen molar-refractivity contribution in [1.82, 2.24) is 4.90 Å². The van der Waals surface area contributed by atoms with Crippen LogP contribution in [0.5, 0.6) is 0 Å². The summed E-state index contributed by atoms with van der Waals surface area (Å²) in [6.45, 7) is 6.30. The van der Waals surface area contributed by atoms with Crippen LogP contribution in [0.3, 0.4) is 0 Å². The Morgan fingerprint density at radius 1 is 1.33 bits per heavy atom. The second-order valence-corrected chi connectivity index (χ2v) is 4.74. The van der Waals surface area contributed by atoms with Gasteiger partial charge in [0.15, 0.2) is 0 Å². The van der Waals surface area contributed by atoms with Crippen molar-refractivity contribution in [1.29, 1.82) is 0 Å². The van der Waals surface area contributed by atoms with E-state index < -0.39 is 5.97 Å². The van der Waals surface area contributed by atoms with Gasteiger partial charge in [0.1, 0.15) is 0 Å². The highest BCUT2D eigenvalue weighted by molar-refractivity contribution is 5.87. The molecule has 1 aromatic carbocycles. The first-order valence-electron chi connectivity index (χ1n) is 6.28. The molecule has 0 bridgehead atoms. The molecule has 0 aliphatic carbocycles. The number of hydrogen-bond acceptors (Lipinski definition) is 3. The Balaban J connectivity index is 2.29. The van der Waals surface area contributed by atoms with Gasteiger partial charge in [-0.2, -0.15) is 0 Å². The van der Waals surface area contributed by atoms with Crippen LogP contribution in [0.2, 0.25) is 0 Å². The number of anilines is 1. The number of nitrogens with zero attached hydrogens (tertiary/aromatic N) is 1. The van der Waals surface area contributed by atoms with E-state index in [1.165, 1.54) is 0 Å². The Kier molecular flexibility index (Phi) is 5.65. The third-order valence-corrected chi connectivity index (χ3v) is 3.03. The molecule has 18 heavy (non-hydrogen) atoms. The lowest BCUT2D eigenvalue weighted by molar-refractivity contribution is 0.0697. The Morgan fingerprint density at radius 2 is 1.94 bits per heavy atom. The van der Waals surface area contributed by atoms with Crippen LogP contribution >= 0.6 is 0 Å². The predicted octanol–water partition coefficient (Wildman–Crippen LogP) is 2.53. The lowest BCUT2D eigenvalue weighted by Gasteiger charge is -2.20. The van der Waals surface area contributed by atoms with Crippen LogP contribution in [0.25, 0.3) is 0 Å². The van der Waals surface area contributed by atoms with Crippen LogP contribution in [-0.4, -0.2) is 42.2 Å². The summed E-state index contributed by atoms with van der Waals surface area (Å²) >= 11 is 0. The zero-order chi connectivity index (χ0) is 13.5. The van der Waals surface area contributed by atoms with Crippen molar-refractivity contribution in [3.05, 3.63) is 29.8 Å². The summed E-state index contributed by atoms with van der Waals surface area (Å²) in [6, 6.07) is 7.40. The van der Waals surface area contributed by atoms with E-state index in [4.69, 9.17) is 5.11 Å². The van der Waals surface area contributed by atoms with Crippen molar-refractivity contribution < 1.29 is 9.90 Å². The molecule has 1 rings (SSSR count). The second kappa shape index (κ2) is 7.01. The maximum Gasteiger partial charge on any atom is 0.335 e. The Bertz CT molecular complexity index is 374. The monoisotopic (exact) mass is 250 g/mol. The third-order valence-electron chi connectivity index (χ3n) is 3.03. The van der Waals surface area contributed by atoms with Crippen LogP contribution in [0.15, 0.2) is 24.3 Å². The number of carbonyl (C=O) groups is 1. The maximum absolute atomic E-state index is 10.7. The van der Waals surface area contributed by atoms with Gasteiger partial charge in [0, 0.05) is 18.3 Å². The molecule has 100 valence electrons. The Labute approximate surface area is 109 Å². The molecule has 0 saturated carbocycles. The van der Waals surface area contributed by atoms with Crippen molar-refractivity contribution in [2.45, 2.75) is 26.3 Å². The molecular formula is C14H22N2O2. The van der Waals surface area contributed by atoms with Crippen LogP contribution in [0.1, 0.15) is 30.6 Å². The van der Waals surface area contributed by atoms with E-state index in [9.17, 15) is 4.79 Å². The first kappa shape index (κ1) is 14.5. The zero-order valence-electron chi connectivity index (χ0n) is 11.3. The van der Waals surface area contributed by atoms with Gasteiger partial charge in [-0.3, -0.25) is 0 Å². The van der Waals surface area contributed by atoms with E-state index in [0.717, 1.165) is 25.2 Å². The molecule has 2 N–H and O–H groups in total. The van der Waals surface area contributed by atoms with Gasteiger partial charge in [-0.05, 0) is 58.1 Å². The lowest BCUT2D eigenvalue weighted by Crippen LogP contribution is -2.28. The van der Waals surface area contributed by atoms with Gasteiger partial charge < -0.3 is 15.3 Å². The molecule has 0 heterocycles. The summed E-state index contributed by atoms with van der Waals surface area (Å²) in [5.74, 6) is -0.889. The van der Waals surface area contributed by atoms with Gasteiger partial charge in [0.2, 0.25) is 0 Å². The summed E-state index contributed by atoms with van der Waals surface area (Å²) in [4.78, 5) is 13.0. The molecule has 0 amide bonds. The van der Waals surface area contributed by atoms with Crippen molar-refractivity contribution >= 4 is 11.7 Å². The minimum atomic E-state index is -0.889. The standard InChI is InChI=1S/C14H22N2O2/c1-11(2)16(3)10-4-9-15-13-7-5-12(6-8-13)14(17)18/h5-8,11,15H,4,9-10H2,1-3H3,(H,17,18). The van der Waals surface area contributed by atoms with Gasteiger partial charge >= 0.3 is 5.97 Å². The largest absolute Gasteiger partial charge is 0.478 e. The van der Waals surface area contributed by atoms with Crippen LogP contribution in [-0.2, 0) is 0 Å². The highest BCUT2D eigenvalue weighted by atomic mass is 16.4. The van der Waals surface area contributed by atoms with E-state index in [1.807, 2.05) is 0 Å². The maximum atomic E-state index is 10.7. The van der Waals surface area contributed by atoms with E-state index >= 15 is 0 Å². The molecule has 0 fully saturated rings. The molecule has 0 aliphatic heterocycles. The number of hydrogen-bond donors (Lipinski definition) is 2. The fourth-order valence-corrected chi connectivity index (χ4v) is 1.55. The molecule has 0 aliphatic rings. The number of carboxylic acids is 1. The van der Waals surface area contributed by atoms with Gasteiger partial charge in [0.25, 0.3) is 0 Å². The zero-order valence-corrected chi connectivity index (χ0v) is 11.3. The summed E-state index contributed by atoms with van der Waals surface area (Å²) in [6.07, 6.45) is 1.06. The molecule has 0 unspecified atom stereocenters. The van der Waals surface area contributed by atoms with Gasteiger partial charge in [-0.15, -0.1) is 0 Å².